The zero-order chi connectivity index (χ0) is 24.7. The molecule has 0 saturated heterocycles. The van der Waals surface area contributed by atoms with Crippen LogP contribution in [-0.2, 0) is 10.7 Å². The number of hydrogen-bond acceptors (Lipinski definition) is 5. The van der Waals surface area contributed by atoms with Crippen molar-refractivity contribution in [2.75, 3.05) is 5.32 Å². The molecule has 9 heteroatoms. The Morgan fingerprint density at radius 3 is 2.21 bits per heavy atom. The third-order valence-electron chi connectivity index (χ3n) is 6.07. The molecule has 0 bridgehead atoms. The van der Waals surface area contributed by atoms with E-state index in [9.17, 15) is 17.7 Å². The van der Waals surface area contributed by atoms with Crippen molar-refractivity contribution in [2.45, 2.75) is 72.0 Å². The number of pyridine rings is 1. The molecule has 33 heavy (non-hydrogen) atoms. The average Bonchev–Trinajstić information content (AvgIpc) is 2.71. The molecule has 5 nitrogen and oxygen atoms in total. The monoisotopic (exact) mass is 478 g/mol. The molecule has 2 heterocycles. The number of benzene rings is 1. The lowest BCUT2D eigenvalue weighted by Gasteiger charge is -2.26. The van der Waals surface area contributed by atoms with Crippen LogP contribution in [0.3, 0.4) is 0 Å². The van der Waals surface area contributed by atoms with Gasteiger partial charge in [-0.3, -0.25) is 4.98 Å². The lowest BCUT2D eigenvalue weighted by molar-refractivity contribution is -0.138. The predicted molar refractivity (Wildman–Crippen MR) is 128 cm³/mol. The maximum Gasteiger partial charge on any atom is 0.416 e. The maximum atomic E-state index is 13.8. The van der Waals surface area contributed by atoms with Crippen LogP contribution in [0, 0.1) is 13.8 Å². The van der Waals surface area contributed by atoms with Gasteiger partial charge in [-0.15, -0.1) is 0 Å². The summed E-state index contributed by atoms with van der Waals surface area (Å²) in [6, 6.07) is 5.49. The van der Waals surface area contributed by atoms with Crippen molar-refractivity contribution in [1.29, 1.82) is 0 Å². The van der Waals surface area contributed by atoms with Crippen LogP contribution < -0.4 is 10.8 Å². The number of aryl methyl sites for hydroxylation is 1. The lowest BCUT2D eigenvalue weighted by Crippen LogP contribution is -2.22. The van der Waals surface area contributed by atoms with E-state index in [4.69, 9.17) is 0 Å². The highest BCUT2D eigenvalue weighted by Crippen LogP contribution is 2.53. The van der Waals surface area contributed by atoms with Gasteiger partial charge in [-0.05, 0) is 44.0 Å². The number of aromatic nitrogens is 3. The molecular weight excluding hydrogens is 448 g/mol. The van der Waals surface area contributed by atoms with Crippen molar-refractivity contribution >= 4 is 29.3 Å². The molecule has 3 aromatic rings. The Labute approximate surface area is 192 Å². The molecule has 0 saturated carbocycles. The van der Waals surface area contributed by atoms with Gasteiger partial charge in [0.15, 0.2) is 0 Å². The van der Waals surface area contributed by atoms with E-state index in [0.29, 0.717) is 33.5 Å². The van der Waals surface area contributed by atoms with Crippen LogP contribution in [0.5, 0.6) is 0 Å². The predicted octanol–water partition coefficient (Wildman–Crippen LogP) is 6.64. The third kappa shape index (κ3) is 4.77. The summed E-state index contributed by atoms with van der Waals surface area (Å²) in [4.78, 5) is 13.4. The first-order chi connectivity index (χ1) is 15.3. The minimum absolute atomic E-state index is 0.0862. The minimum Gasteiger partial charge on any atom is -0.363 e. The number of anilines is 1. The Morgan fingerprint density at radius 1 is 1.00 bits per heavy atom. The van der Waals surface area contributed by atoms with Crippen LogP contribution >= 0.6 is 7.14 Å². The van der Waals surface area contributed by atoms with Gasteiger partial charge in [0.1, 0.15) is 24.2 Å². The number of nitrogens with one attached hydrogen (secondary N) is 1. The number of fused-ring (bicyclic) bond motifs is 1. The van der Waals surface area contributed by atoms with Gasteiger partial charge < -0.3 is 9.88 Å². The van der Waals surface area contributed by atoms with E-state index >= 15 is 0 Å². The van der Waals surface area contributed by atoms with Crippen LogP contribution in [-0.4, -0.2) is 26.3 Å². The average molecular weight is 478 g/mol. The van der Waals surface area contributed by atoms with Gasteiger partial charge in [0.2, 0.25) is 0 Å². The smallest absolute Gasteiger partial charge is 0.363 e. The number of halogens is 3. The van der Waals surface area contributed by atoms with Crippen LogP contribution in [0.15, 0.2) is 30.5 Å². The Morgan fingerprint density at radius 2 is 1.64 bits per heavy atom. The maximum absolute atomic E-state index is 13.8. The second-order valence-corrected chi connectivity index (χ2v) is 12.9. The topological polar surface area (TPSA) is 67.8 Å². The molecule has 2 aromatic heterocycles. The van der Waals surface area contributed by atoms with Crippen molar-refractivity contribution in [3.05, 3.63) is 53.0 Å². The number of nitrogens with zero attached hydrogens (tertiary/aromatic N) is 3. The summed E-state index contributed by atoms with van der Waals surface area (Å²) >= 11 is 0. The van der Waals surface area contributed by atoms with Gasteiger partial charge in [0.25, 0.3) is 0 Å². The quantitative estimate of drug-likeness (QED) is 0.402. The summed E-state index contributed by atoms with van der Waals surface area (Å²) in [5.41, 5.74) is 0.969. The minimum atomic E-state index is -4.42. The molecule has 1 atom stereocenters. The Bertz CT molecular complexity index is 1210. The van der Waals surface area contributed by atoms with Gasteiger partial charge in [-0.2, -0.15) is 13.2 Å². The standard InChI is InChI=1S/C24H30F3N4OP/c1-13(2)33(32,14(3)4)22-11-19-21(12-28-22)30-17(7)31-23(19)29-16(6)18-9-8-10-20(15(18)5)24(25,26)27/h8-14,16H,1-7H3,(H,29,30,31)/t16-/m1/s1. The fourth-order valence-corrected chi connectivity index (χ4v) is 7.10. The molecule has 0 spiro atoms. The van der Waals surface area contributed by atoms with Crippen molar-refractivity contribution < 1.29 is 17.7 Å². The largest absolute Gasteiger partial charge is 0.416 e. The summed E-state index contributed by atoms with van der Waals surface area (Å²) in [5, 5.41) is 3.90. The molecule has 1 aromatic carbocycles. The number of hydrogen-bond donors (Lipinski definition) is 1. The highest BCUT2D eigenvalue weighted by atomic mass is 31.2. The van der Waals surface area contributed by atoms with E-state index < -0.39 is 24.9 Å². The summed E-state index contributed by atoms with van der Waals surface area (Å²) in [7, 11) is -2.80. The van der Waals surface area contributed by atoms with E-state index in [-0.39, 0.29) is 16.9 Å². The van der Waals surface area contributed by atoms with Crippen LogP contribution in [0.4, 0.5) is 19.0 Å². The van der Waals surface area contributed by atoms with E-state index in [2.05, 4.69) is 20.3 Å². The number of alkyl halides is 3. The molecule has 178 valence electrons. The van der Waals surface area contributed by atoms with Crippen LogP contribution in [0.25, 0.3) is 10.9 Å². The van der Waals surface area contributed by atoms with E-state index in [1.807, 2.05) is 27.7 Å². The Kier molecular flexibility index (Phi) is 6.90. The number of rotatable bonds is 6. The fourth-order valence-electron chi connectivity index (χ4n) is 4.28. The highest BCUT2D eigenvalue weighted by Gasteiger charge is 2.35. The fraction of sp³-hybridized carbons (Fsp3) is 0.458. The van der Waals surface area contributed by atoms with Crippen LogP contribution in [0.2, 0.25) is 0 Å². The van der Waals surface area contributed by atoms with Crippen molar-refractivity contribution in [3.8, 4) is 0 Å². The zero-order valence-corrected chi connectivity index (χ0v) is 20.8. The van der Waals surface area contributed by atoms with Gasteiger partial charge in [-0.25, -0.2) is 9.97 Å². The first kappa shape index (κ1) is 25.2. The summed E-state index contributed by atoms with van der Waals surface area (Å²) < 4.78 is 54.0. The van der Waals surface area contributed by atoms with E-state index in [0.717, 1.165) is 6.07 Å². The molecule has 0 fully saturated rings. The van der Waals surface area contributed by atoms with Crippen molar-refractivity contribution in [2.24, 2.45) is 0 Å². The van der Waals surface area contributed by atoms with Gasteiger partial charge in [-0.1, -0.05) is 39.8 Å². The highest BCUT2D eigenvalue weighted by molar-refractivity contribution is 7.72. The zero-order valence-electron chi connectivity index (χ0n) is 19.9. The first-order valence-corrected chi connectivity index (χ1v) is 12.8. The van der Waals surface area contributed by atoms with Crippen molar-refractivity contribution in [3.63, 3.8) is 0 Å². The Hall–Kier alpha value is -2.47. The summed E-state index contributed by atoms with van der Waals surface area (Å²) in [6.07, 6.45) is -2.82. The SMILES string of the molecule is Cc1nc(N[C@H](C)c2cccc(C(F)(F)F)c2C)c2cc(P(=O)(C(C)C)C(C)C)ncc2n1. The molecule has 0 aliphatic carbocycles. The molecule has 0 aliphatic rings. The molecule has 0 aliphatic heterocycles. The molecule has 0 radical (unpaired) electrons. The van der Waals surface area contributed by atoms with Crippen molar-refractivity contribution in [1.82, 2.24) is 15.0 Å². The second-order valence-electron chi connectivity index (χ2n) is 8.96. The molecule has 0 unspecified atom stereocenters. The summed E-state index contributed by atoms with van der Waals surface area (Å²) in [5.74, 6) is 0.980. The third-order valence-corrected chi connectivity index (χ3v) is 10.1. The normalized spacial score (nSPS) is 13.7. The van der Waals surface area contributed by atoms with E-state index in [1.165, 1.54) is 13.0 Å². The van der Waals surface area contributed by atoms with E-state index in [1.54, 1.807) is 32.2 Å². The lowest BCUT2D eigenvalue weighted by atomic mass is 9.97. The molecule has 0 amide bonds. The summed E-state index contributed by atoms with van der Waals surface area (Å²) in [6.45, 7) is 12.7. The van der Waals surface area contributed by atoms with Gasteiger partial charge in [0.05, 0.1) is 23.3 Å². The molecule has 1 N–H and O–H groups in total. The first-order valence-electron chi connectivity index (χ1n) is 10.9. The van der Waals surface area contributed by atoms with Gasteiger partial charge in [0, 0.05) is 16.7 Å². The van der Waals surface area contributed by atoms with Gasteiger partial charge >= 0.3 is 6.18 Å². The second kappa shape index (κ2) is 9.05. The molecule has 3 rings (SSSR count). The van der Waals surface area contributed by atoms with Crippen LogP contribution in [0.1, 0.15) is 63.2 Å². The molecular formula is C24H30F3N4OP. The Balaban J connectivity index is 2.11.